The van der Waals surface area contributed by atoms with Crippen LogP contribution in [0.2, 0.25) is 0 Å². The van der Waals surface area contributed by atoms with E-state index in [0.29, 0.717) is 6.61 Å². The minimum atomic E-state index is -0.291. The van der Waals surface area contributed by atoms with Crippen LogP contribution in [-0.2, 0) is 24.9 Å². The summed E-state index contributed by atoms with van der Waals surface area (Å²) in [7, 11) is 3.97. The van der Waals surface area contributed by atoms with E-state index in [-0.39, 0.29) is 11.3 Å². The van der Waals surface area contributed by atoms with Crippen molar-refractivity contribution in [2.24, 2.45) is 12.5 Å². The van der Waals surface area contributed by atoms with E-state index in [2.05, 4.69) is 26.6 Å². The van der Waals surface area contributed by atoms with Gasteiger partial charge in [0.1, 0.15) is 12.4 Å². The zero-order valence-electron chi connectivity index (χ0n) is 16.9. The van der Waals surface area contributed by atoms with E-state index in [4.69, 9.17) is 4.74 Å². The van der Waals surface area contributed by atoms with Crippen LogP contribution < -0.4 is 4.74 Å². The Balaban J connectivity index is 1.53. The summed E-state index contributed by atoms with van der Waals surface area (Å²) in [5, 5.41) is 0. The fraction of sp³-hybridized carbons (Fsp3) is 0.545. The van der Waals surface area contributed by atoms with Crippen molar-refractivity contribution in [3.8, 4) is 5.75 Å². The Morgan fingerprint density at radius 3 is 2.75 bits per heavy atom. The monoisotopic (exact) mass is 382 g/mol. The summed E-state index contributed by atoms with van der Waals surface area (Å²) >= 11 is 0. The molecule has 1 saturated carbocycles. The van der Waals surface area contributed by atoms with Crippen molar-refractivity contribution in [1.29, 1.82) is 0 Å². The molecule has 2 aromatic rings. The van der Waals surface area contributed by atoms with Gasteiger partial charge in [-0.05, 0) is 49.9 Å². The number of ether oxygens (including phenoxy) is 1. The molecule has 2 heterocycles. The quantitative estimate of drug-likeness (QED) is 0.801. The van der Waals surface area contributed by atoms with E-state index in [1.54, 1.807) is 0 Å². The number of hydrogen-bond donors (Lipinski definition) is 0. The fourth-order valence-electron chi connectivity index (χ4n) is 3.96. The zero-order chi connectivity index (χ0) is 19.6. The number of aryl methyl sites for hydroxylation is 1. The number of carbonyl (C=O) groups is 1. The molecular formula is C22H30N4O2. The lowest BCUT2D eigenvalue weighted by molar-refractivity contribution is -0.136. The van der Waals surface area contributed by atoms with Crippen LogP contribution in [0.3, 0.4) is 0 Å². The number of fused-ring (bicyclic) bond motifs is 2. The van der Waals surface area contributed by atoms with Gasteiger partial charge in [-0.1, -0.05) is 12.1 Å². The molecule has 1 aromatic carbocycles. The SMILES string of the molecule is CN1CCCCN(Cc2cncn2C)Cc2cccc(c2)OCC2(CC2)C1=O. The van der Waals surface area contributed by atoms with Gasteiger partial charge in [-0.15, -0.1) is 0 Å². The molecule has 0 saturated heterocycles. The van der Waals surface area contributed by atoms with Crippen molar-refractivity contribution in [3.63, 3.8) is 0 Å². The van der Waals surface area contributed by atoms with Crippen molar-refractivity contribution in [3.05, 3.63) is 48.0 Å². The average molecular weight is 383 g/mol. The summed E-state index contributed by atoms with van der Waals surface area (Å²) < 4.78 is 8.14. The summed E-state index contributed by atoms with van der Waals surface area (Å²) in [6, 6.07) is 8.31. The summed E-state index contributed by atoms with van der Waals surface area (Å²) in [5.41, 5.74) is 2.15. The van der Waals surface area contributed by atoms with E-state index in [9.17, 15) is 4.79 Å². The molecule has 4 rings (SSSR count). The van der Waals surface area contributed by atoms with E-state index in [1.165, 1.54) is 11.3 Å². The lowest BCUT2D eigenvalue weighted by Crippen LogP contribution is -2.38. The van der Waals surface area contributed by atoms with Gasteiger partial charge in [0.05, 0.1) is 17.4 Å². The van der Waals surface area contributed by atoms with Crippen molar-refractivity contribution in [2.45, 2.75) is 38.8 Å². The standard InChI is InChI=1S/C22H30N4O2/c1-24-10-3-4-11-26(15-19-13-23-17-25(19)2)14-18-6-5-7-20(12-18)28-16-22(8-9-22)21(24)27/h5-7,12-13,17H,3-4,8-11,14-16H2,1-2H3. The molecular weight excluding hydrogens is 352 g/mol. The summed E-state index contributed by atoms with van der Waals surface area (Å²) in [6.45, 7) is 4.02. The highest BCUT2D eigenvalue weighted by Gasteiger charge is 2.52. The normalized spacial score (nSPS) is 20.6. The molecule has 0 N–H and O–H groups in total. The molecule has 150 valence electrons. The Hall–Kier alpha value is -2.34. The molecule has 1 aliphatic carbocycles. The van der Waals surface area contributed by atoms with Gasteiger partial charge in [0, 0.05) is 39.9 Å². The molecule has 1 spiro atoms. The number of rotatable bonds is 2. The van der Waals surface area contributed by atoms with Crippen LogP contribution in [-0.4, -0.2) is 52.0 Å². The first-order valence-electron chi connectivity index (χ1n) is 10.2. The first-order valence-corrected chi connectivity index (χ1v) is 10.2. The van der Waals surface area contributed by atoms with Crippen LogP contribution in [0.25, 0.3) is 0 Å². The summed E-state index contributed by atoms with van der Waals surface area (Å²) in [5.74, 6) is 1.10. The highest BCUT2D eigenvalue weighted by molar-refractivity contribution is 5.85. The third-order valence-electron chi connectivity index (χ3n) is 5.99. The van der Waals surface area contributed by atoms with E-state index >= 15 is 0 Å². The maximum Gasteiger partial charge on any atom is 0.231 e. The predicted octanol–water partition coefficient (Wildman–Crippen LogP) is 2.83. The van der Waals surface area contributed by atoms with Gasteiger partial charge in [-0.3, -0.25) is 9.69 Å². The van der Waals surface area contributed by atoms with Crippen LogP contribution in [0, 0.1) is 5.41 Å². The molecule has 6 nitrogen and oxygen atoms in total. The minimum absolute atomic E-state index is 0.243. The number of benzene rings is 1. The summed E-state index contributed by atoms with van der Waals surface area (Å²) in [4.78, 5) is 21.5. The Kier molecular flexibility index (Phi) is 5.40. The fourth-order valence-corrected chi connectivity index (χ4v) is 3.96. The van der Waals surface area contributed by atoms with Gasteiger partial charge in [-0.2, -0.15) is 0 Å². The van der Waals surface area contributed by atoms with Gasteiger partial charge in [-0.25, -0.2) is 4.98 Å². The van der Waals surface area contributed by atoms with Crippen molar-refractivity contribution < 1.29 is 9.53 Å². The molecule has 1 amide bonds. The van der Waals surface area contributed by atoms with Gasteiger partial charge >= 0.3 is 0 Å². The molecule has 0 unspecified atom stereocenters. The number of carbonyl (C=O) groups excluding carboxylic acids is 1. The lowest BCUT2D eigenvalue weighted by atomic mass is 10.1. The van der Waals surface area contributed by atoms with Crippen molar-refractivity contribution >= 4 is 5.91 Å². The van der Waals surface area contributed by atoms with Crippen LogP contribution >= 0.6 is 0 Å². The van der Waals surface area contributed by atoms with Gasteiger partial charge < -0.3 is 14.2 Å². The van der Waals surface area contributed by atoms with Crippen molar-refractivity contribution in [1.82, 2.24) is 19.4 Å². The molecule has 28 heavy (non-hydrogen) atoms. The molecule has 1 fully saturated rings. The second-order valence-corrected chi connectivity index (χ2v) is 8.36. The maximum atomic E-state index is 12.9. The molecule has 0 radical (unpaired) electrons. The van der Waals surface area contributed by atoms with E-state index in [1.807, 2.05) is 43.7 Å². The number of imidazole rings is 1. The highest BCUT2D eigenvalue weighted by Crippen LogP contribution is 2.47. The third-order valence-corrected chi connectivity index (χ3v) is 5.99. The number of nitrogens with zero attached hydrogens (tertiary/aromatic N) is 4. The van der Waals surface area contributed by atoms with Gasteiger partial charge in [0.15, 0.2) is 0 Å². The van der Waals surface area contributed by atoms with Crippen LogP contribution in [0.15, 0.2) is 36.8 Å². The number of amides is 1. The zero-order valence-corrected chi connectivity index (χ0v) is 16.9. The molecule has 2 bridgehead atoms. The first-order chi connectivity index (χ1) is 13.6. The third kappa shape index (κ3) is 4.22. The second kappa shape index (κ2) is 7.95. The van der Waals surface area contributed by atoms with E-state index in [0.717, 1.165) is 57.6 Å². The maximum absolute atomic E-state index is 12.9. The Morgan fingerprint density at radius 2 is 2.00 bits per heavy atom. The molecule has 0 atom stereocenters. The Bertz CT molecular complexity index is 827. The number of hydrogen-bond acceptors (Lipinski definition) is 4. The molecule has 1 aromatic heterocycles. The molecule has 2 aliphatic rings. The van der Waals surface area contributed by atoms with Gasteiger partial charge in [0.2, 0.25) is 5.91 Å². The minimum Gasteiger partial charge on any atom is -0.492 e. The first kappa shape index (κ1) is 19.0. The average Bonchev–Trinajstić information content (AvgIpc) is 3.38. The van der Waals surface area contributed by atoms with Crippen LogP contribution in [0.4, 0.5) is 0 Å². The van der Waals surface area contributed by atoms with Crippen molar-refractivity contribution in [2.75, 3.05) is 26.7 Å². The lowest BCUT2D eigenvalue weighted by Gasteiger charge is -2.26. The molecule has 1 aliphatic heterocycles. The number of aromatic nitrogens is 2. The van der Waals surface area contributed by atoms with E-state index < -0.39 is 0 Å². The smallest absolute Gasteiger partial charge is 0.231 e. The van der Waals surface area contributed by atoms with Gasteiger partial charge in [0.25, 0.3) is 0 Å². The van der Waals surface area contributed by atoms with Crippen LogP contribution in [0.5, 0.6) is 5.75 Å². The molecule has 6 heteroatoms. The summed E-state index contributed by atoms with van der Waals surface area (Å²) in [6.07, 6.45) is 7.75. The largest absolute Gasteiger partial charge is 0.492 e. The second-order valence-electron chi connectivity index (χ2n) is 8.36. The Morgan fingerprint density at radius 1 is 1.18 bits per heavy atom. The topological polar surface area (TPSA) is 50.6 Å². The Labute approximate surface area is 167 Å². The van der Waals surface area contributed by atoms with Crippen LogP contribution in [0.1, 0.15) is 36.9 Å². The highest BCUT2D eigenvalue weighted by atomic mass is 16.5. The predicted molar refractivity (Wildman–Crippen MR) is 108 cm³/mol.